The average Bonchev–Trinajstić information content (AvgIpc) is 3.73. The highest BCUT2D eigenvalue weighted by atomic mass is 35.5. The summed E-state index contributed by atoms with van der Waals surface area (Å²) in [6.45, 7) is 12.6. The van der Waals surface area contributed by atoms with Gasteiger partial charge >= 0.3 is 0 Å². The molecule has 4 aromatic carbocycles. The lowest BCUT2D eigenvalue weighted by Gasteiger charge is -2.27. The van der Waals surface area contributed by atoms with Gasteiger partial charge in [-0.15, -0.1) is 0 Å². The minimum atomic E-state index is -4.10. The fourth-order valence-electron chi connectivity index (χ4n) is 8.74. The van der Waals surface area contributed by atoms with Crippen molar-refractivity contribution in [2.45, 2.75) is 77.6 Å². The first-order chi connectivity index (χ1) is 27.2. The van der Waals surface area contributed by atoms with Crippen LogP contribution in [0.3, 0.4) is 0 Å². The Labute approximate surface area is 348 Å². The Kier molecular flexibility index (Phi) is 11.8. The molecule has 7 rings (SSSR count). The molecule has 0 saturated heterocycles. The highest BCUT2D eigenvalue weighted by Crippen LogP contribution is 2.50. The van der Waals surface area contributed by atoms with Crippen LogP contribution in [0.1, 0.15) is 77.8 Å². The number of anilines is 2. The van der Waals surface area contributed by atoms with Gasteiger partial charge in [-0.25, -0.2) is 0 Å². The fourth-order valence-corrected chi connectivity index (χ4v) is 9.58. The largest absolute Gasteiger partial charge is 0.344 e. The number of rotatable bonds is 11. The number of fused-ring (bicyclic) bond motifs is 2. The monoisotopic (exact) mass is 820 g/mol. The molecule has 3 aliphatic rings. The summed E-state index contributed by atoms with van der Waals surface area (Å²) in [6, 6.07) is 33.3. The van der Waals surface area contributed by atoms with E-state index in [1.54, 1.807) is 0 Å². The summed E-state index contributed by atoms with van der Waals surface area (Å²) in [6.07, 6.45) is 13.3. The van der Waals surface area contributed by atoms with E-state index in [4.69, 9.17) is 23.2 Å². The number of unbranched alkanes of at least 4 members (excludes halogenated alkanes) is 1. The first kappa shape index (κ1) is 40.8. The van der Waals surface area contributed by atoms with Gasteiger partial charge in [0.25, 0.3) is 10.1 Å². The van der Waals surface area contributed by atoms with Gasteiger partial charge in [-0.1, -0.05) is 113 Å². The molecule has 1 fully saturated rings. The van der Waals surface area contributed by atoms with E-state index >= 15 is 0 Å². The van der Waals surface area contributed by atoms with Gasteiger partial charge in [0, 0.05) is 92.1 Å². The fraction of sp³-hybridized carbons (Fsp3) is 0.312. The van der Waals surface area contributed by atoms with Crippen LogP contribution in [-0.4, -0.2) is 37.5 Å². The minimum absolute atomic E-state index is 0.240. The van der Waals surface area contributed by atoms with Gasteiger partial charge in [0.15, 0.2) is 0 Å². The zero-order valence-electron chi connectivity index (χ0n) is 33.5. The number of nitrogens with zero attached hydrogens (tertiary/aromatic N) is 3. The van der Waals surface area contributed by atoms with Crippen LogP contribution in [0.5, 0.6) is 0 Å². The second-order valence-corrected chi connectivity index (χ2v) is 18.7. The van der Waals surface area contributed by atoms with Crippen LogP contribution in [0, 0.1) is 0 Å². The third-order valence-electron chi connectivity index (χ3n) is 11.6. The Morgan fingerprint density at radius 2 is 1.11 bits per heavy atom. The van der Waals surface area contributed by atoms with Crippen LogP contribution in [0.2, 0.25) is 10.0 Å². The second-order valence-electron chi connectivity index (χ2n) is 16.2. The van der Waals surface area contributed by atoms with Crippen molar-refractivity contribution >= 4 is 61.8 Å². The third-order valence-corrected chi connectivity index (χ3v) is 12.9. The maximum Gasteiger partial charge on any atom is 0.264 e. The predicted octanol–water partition coefficient (Wildman–Crippen LogP) is 12.4. The summed E-state index contributed by atoms with van der Waals surface area (Å²) >= 11 is 13.1. The number of para-hydroxylation sites is 2. The summed E-state index contributed by atoms with van der Waals surface area (Å²) in [4.78, 5) is 4.67. The van der Waals surface area contributed by atoms with Crippen molar-refractivity contribution in [3.05, 3.63) is 165 Å². The molecular formula is C48H52Cl2N3O3S+. The van der Waals surface area contributed by atoms with E-state index in [9.17, 15) is 13.0 Å². The first-order valence-electron chi connectivity index (χ1n) is 19.9. The van der Waals surface area contributed by atoms with E-state index < -0.39 is 15.5 Å². The Bertz CT molecular complexity index is 2390. The minimum Gasteiger partial charge on any atom is -0.344 e. The van der Waals surface area contributed by atoms with Crippen molar-refractivity contribution in [2.24, 2.45) is 0 Å². The zero-order valence-corrected chi connectivity index (χ0v) is 35.8. The van der Waals surface area contributed by atoms with Gasteiger partial charge in [0.05, 0.1) is 5.75 Å². The van der Waals surface area contributed by atoms with Crippen LogP contribution in [0.25, 0.3) is 0 Å². The van der Waals surface area contributed by atoms with Gasteiger partial charge < -0.3 is 9.80 Å². The average molecular weight is 822 g/mol. The van der Waals surface area contributed by atoms with E-state index in [-0.39, 0.29) is 17.6 Å². The molecule has 2 heterocycles. The third kappa shape index (κ3) is 8.31. The van der Waals surface area contributed by atoms with Crippen molar-refractivity contribution in [1.29, 1.82) is 0 Å². The number of hydrogen-bond donors (Lipinski definition) is 1. The summed E-state index contributed by atoms with van der Waals surface area (Å²) in [7, 11) is -4.10. The molecule has 0 aromatic heterocycles. The Balaban J connectivity index is 1.41. The summed E-state index contributed by atoms with van der Waals surface area (Å²) in [5.74, 6) is -0.309. The van der Waals surface area contributed by atoms with Crippen molar-refractivity contribution in [1.82, 2.24) is 4.58 Å². The molecule has 0 spiro atoms. The number of benzene rings is 4. The van der Waals surface area contributed by atoms with E-state index in [0.717, 1.165) is 71.3 Å². The van der Waals surface area contributed by atoms with Gasteiger partial charge in [-0.05, 0) is 85.4 Å². The standard InChI is InChI=1S/C48H51Cl2N3O3S/c1-6-7-29-51-42-25-23-36(49)32-40(42)47(2,3)44(51)27-21-34-19-20-35(46(34)53(38-15-10-8-11-16-38)39-17-12-9-13-18-39)22-28-45-48(4,5)41-33-37(50)24-26-43(41)52(45)30-14-31-57(54,55)56/h8-13,15-18,21-28,32-33H,6-7,14,19-20,29-31H2,1-5H3/p+1. The molecule has 0 radical (unpaired) electrons. The van der Waals surface area contributed by atoms with Crippen molar-refractivity contribution in [3.8, 4) is 0 Å². The Hall–Kier alpha value is -4.40. The van der Waals surface area contributed by atoms with Gasteiger partial charge in [-0.2, -0.15) is 13.0 Å². The molecule has 2 aliphatic heterocycles. The smallest absolute Gasteiger partial charge is 0.264 e. The summed E-state index contributed by atoms with van der Waals surface area (Å²) in [5, 5.41) is 1.41. The molecule has 6 nitrogen and oxygen atoms in total. The molecule has 57 heavy (non-hydrogen) atoms. The van der Waals surface area contributed by atoms with Crippen LogP contribution in [-0.2, 0) is 20.9 Å². The van der Waals surface area contributed by atoms with Crippen molar-refractivity contribution in [3.63, 3.8) is 0 Å². The molecule has 0 atom stereocenters. The number of hydrogen-bond acceptors (Lipinski definition) is 4. The number of allylic oxidation sites excluding steroid dienone is 8. The molecule has 0 bridgehead atoms. The highest BCUT2D eigenvalue weighted by molar-refractivity contribution is 7.85. The molecule has 4 aromatic rings. The van der Waals surface area contributed by atoms with E-state index in [1.165, 1.54) is 28.1 Å². The molecule has 1 N–H and O–H groups in total. The van der Waals surface area contributed by atoms with Gasteiger partial charge in [-0.3, -0.25) is 4.55 Å². The van der Waals surface area contributed by atoms with Crippen LogP contribution >= 0.6 is 23.2 Å². The second kappa shape index (κ2) is 16.5. The van der Waals surface area contributed by atoms with E-state index in [0.29, 0.717) is 11.6 Å². The molecule has 296 valence electrons. The molecular weight excluding hydrogens is 770 g/mol. The molecule has 9 heteroatoms. The Morgan fingerprint density at radius 1 is 0.667 bits per heavy atom. The summed E-state index contributed by atoms with van der Waals surface area (Å²) in [5.41, 5.74) is 11.9. The highest BCUT2D eigenvalue weighted by Gasteiger charge is 2.42. The lowest BCUT2D eigenvalue weighted by molar-refractivity contribution is 0.481. The van der Waals surface area contributed by atoms with Gasteiger partial charge in [0.1, 0.15) is 0 Å². The normalized spacial score (nSPS) is 20.0. The maximum atomic E-state index is 11.7. The van der Waals surface area contributed by atoms with Crippen LogP contribution in [0.4, 0.5) is 22.7 Å². The Morgan fingerprint density at radius 3 is 1.53 bits per heavy atom. The predicted molar refractivity (Wildman–Crippen MR) is 240 cm³/mol. The lowest BCUT2D eigenvalue weighted by atomic mass is 9.83. The van der Waals surface area contributed by atoms with Gasteiger partial charge in [0.2, 0.25) is 17.1 Å². The molecule has 0 unspecified atom stereocenters. The first-order valence-corrected chi connectivity index (χ1v) is 22.3. The molecule has 0 amide bonds. The lowest BCUT2D eigenvalue weighted by Crippen LogP contribution is -2.28. The van der Waals surface area contributed by atoms with E-state index in [2.05, 4.69) is 134 Å². The van der Waals surface area contributed by atoms with Crippen LogP contribution in [0.15, 0.2) is 144 Å². The topological polar surface area (TPSA) is 63.9 Å². The summed E-state index contributed by atoms with van der Waals surface area (Å²) < 4.78 is 35.4. The molecule has 1 aliphatic carbocycles. The molecule has 1 saturated carbocycles. The van der Waals surface area contributed by atoms with Crippen molar-refractivity contribution < 1.29 is 13.0 Å². The maximum absolute atomic E-state index is 11.7. The zero-order chi connectivity index (χ0) is 40.5. The van der Waals surface area contributed by atoms with Crippen LogP contribution < -0.4 is 14.4 Å². The quantitative estimate of drug-likeness (QED) is 0.121. The van der Waals surface area contributed by atoms with E-state index in [1.807, 2.05) is 36.4 Å². The number of halogens is 2. The SMILES string of the molecule is CCCCN1/C(=C/C=C2\CCC(=CC=C3N(CCCS(=O)(=O)O)c4ccc(Cl)cc4C3(C)C)C2=[N+](c2ccccc2)c2ccccc2)C(C)(C)c2cc(Cl)ccc21. The van der Waals surface area contributed by atoms with Crippen molar-refractivity contribution in [2.75, 3.05) is 28.6 Å².